The molecule has 0 radical (unpaired) electrons. The van der Waals surface area contributed by atoms with E-state index >= 15 is 0 Å². The van der Waals surface area contributed by atoms with Gasteiger partial charge in [-0.15, -0.1) is 0 Å². The number of benzene rings is 11. The molecule has 12 aromatic rings. The van der Waals surface area contributed by atoms with Crippen molar-refractivity contribution >= 4 is 39.0 Å². The number of fused-ring (bicyclic) bond motifs is 21. The summed E-state index contributed by atoms with van der Waals surface area (Å²) in [5.74, 6) is 3.54. The predicted molar refractivity (Wildman–Crippen MR) is 289 cm³/mol. The average molecular weight is 920 g/mol. The van der Waals surface area contributed by atoms with Crippen LogP contribution in [0.5, 0.6) is 23.0 Å². The van der Waals surface area contributed by atoms with Crippen LogP contribution in [0.25, 0.3) is 55.3 Å². The molecular weight excluding hydrogens is 879 g/mol. The second-order valence-corrected chi connectivity index (χ2v) is 19.4. The summed E-state index contributed by atoms with van der Waals surface area (Å²) in [5, 5.41) is 2.24. The van der Waals surface area contributed by atoms with Crippen molar-refractivity contribution in [2.75, 3.05) is 4.90 Å². The first-order chi connectivity index (χ1) is 35.7. The van der Waals surface area contributed by atoms with Crippen molar-refractivity contribution in [2.24, 2.45) is 0 Å². The van der Waals surface area contributed by atoms with Crippen LogP contribution in [0.15, 0.2) is 253 Å². The van der Waals surface area contributed by atoms with Crippen LogP contribution < -0.4 is 14.4 Å². The Balaban J connectivity index is 0.915. The van der Waals surface area contributed by atoms with Crippen molar-refractivity contribution in [1.29, 1.82) is 0 Å². The quantitative estimate of drug-likeness (QED) is 0.176. The Morgan fingerprint density at radius 3 is 1.17 bits per heavy atom. The first-order valence-corrected chi connectivity index (χ1v) is 24.7. The van der Waals surface area contributed by atoms with E-state index < -0.39 is 10.8 Å². The summed E-state index contributed by atoms with van der Waals surface area (Å²) in [5.41, 5.74) is 20.6. The third-order valence-corrected chi connectivity index (χ3v) is 16.0. The third-order valence-electron chi connectivity index (χ3n) is 16.0. The minimum atomic E-state index is -0.564. The summed E-state index contributed by atoms with van der Waals surface area (Å²) in [7, 11) is 0. The molecule has 0 bridgehead atoms. The molecule has 0 amide bonds. The Morgan fingerprint density at radius 1 is 0.264 bits per heavy atom. The highest BCUT2D eigenvalue weighted by atomic mass is 16.5. The van der Waals surface area contributed by atoms with Crippen molar-refractivity contribution in [2.45, 2.75) is 10.8 Å². The first-order valence-electron chi connectivity index (χ1n) is 24.7. The summed E-state index contributed by atoms with van der Waals surface area (Å²) >= 11 is 0. The van der Waals surface area contributed by atoms with Crippen LogP contribution in [-0.4, -0.2) is 0 Å². The molecule has 0 atom stereocenters. The molecule has 4 nitrogen and oxygen atoms in total. The zero-order valence-electron chi connectivity index (χ0n) is 38.8. The van der Waals surface area contributed by atoms with Gasteiger partial charge in [-0.1, -0.05) is 170 Å². The molecule has 4 heteroatoms. The predicted octanol–water partition coefficient (Wildman–Crippen LogP) is 17.7. The molecule has 0 unspecified atom stereocenters. The third kappa shape index (κ3) is 5.15. The molecule has 2 spiro atoms. The van der Waals surface area contributed by atoms with Gasteiger partial charge in [-0.3, -0.25) is 0 Å². The Kier molecular flexibility index (Phi) is 7.99. The Hall–Kier alpha value is -9.38. The van der Waals surface area contributed by atoms with Crippen molar-refractivity contribution in [3.63, 3.8) is 0 Å². The number of ether oxygens (including phenoxy) is 2. The fourth-order valence-electron chi connectivity index (χ4n) is 13.1. The van der Waals surface area contributed by atoms with Crippen molar-refractivity contribution in [3.8, 4) is 56.4 Å². The fourth-order valence-corrected chi connectivity index (χ4v) is 13.1. The van der Waals surface area contributed by atoms with Gasteiger partial charge in [0, 0.05) is 50.1 Å². The smallest absolute Gasteiger partial charge is 0.135 e. The van der Waals surface area contributed by atoms with E-state index in [9.17, 15) is 0 Å². The molecule has 3 heterocycles. The Bertz CT molecular complexity index is 3970. The van der Waals surface area contributed by atoms with E-state index in [2.05, 4.69) is 241 Å². The number of anilines is 3. The van der Waals surface area contributed by atoms with Crippen LogP contribution >= 0.6 is 0 Å². The monoisotopic (exact) mass is 919 g/mol. The first kappa shape index (κ1) is 39.5. The Labute approximate surface area is 416 Å². The lowest BCUT2D eigenvalue weighted by atomic mass is 9.66. The van der Waals surface area contributed by atoms with E-state index in [1.54, 1.807) is 0 Å². The van der Waals surface area contributed by atoms with E-state index in [1.807, 2.05) is 12.1 Å². The second kappa shape index (κ2) is 14.6. The number of hydrogen-bond donors (Lipinski definition) is 0. The molecule has 0 N–H and O–H groups in total. The molecule has 0 saturated heterocycles. The Morgan fingerprint density at radius 2 is 0.653 bits per heavy atom. The largest absolute Gasteiger partial charge is 0.457 e. The average Bonchev–Trinajstić information content (AvgIpc) is 4.06. The molecule has 0 fully saturated rings. The topological polar surface area (TPSA) is 34.8 Å². The van der Waals surface area contributed by atoms with Crippen LogP contribution in [0.4, 0.5) is 17.1 Å². The molecular formula is C68H41NO3. The van der Waals surface area contributed by atoms with Gasteiger partial charge in [0.15, 0.2) is 0 Å². The maximum absolute atomic E-state index is 6.67. The summed E-state index contributed by atoms with van der Waals surface area (Å²) in [6.07, 6.45) is 0. The van der Waals surface area contributed by atoms with Gasteiger partial charge < -0.3 is 18.8 Å². The highest BCUT2D eigenvalue weighted by molar-refractivity contribution is 6.06. The molecule has 16 rings (SSSR count). The van der Waals surface area contributed by atoms with Crippen LogP contribution in [0.2, 0.25) is 0 Å². The molecule has 72 heavy (non-hydrogen) atoms. The normalized spacial score (nSPS) is 14.3. The molecule has 2 aliphatic heterocycles. The maximum atomic E-state index is 6.67. The summed E-state index contributed by atoms with van der Waals surface area (Å²) in [6, 6.07) is 90.3. The zero-order chi connectivity index (χ0) is 47.1. The van der Waals surface area contributed by atoms with Gasteiger partial charge in [0.1, 0.15) is 34.2 Å². The number of nitrogens with zero attached hydrogens (tertiary/aromatic N) is 1. The van der Waals surface area contributed by atoms with Crippen LogP contribution in [0, 0.1) is 0 Å². The molecule has 0 saturated carbocycles. The van der Waals surface area contributed by atoms with Gasteiger partial charge in [-0.05, 0) is 134 Å². The van der Waals surface area contributed by atoms with Gasteiger partial charge in [-0.2, -0.15) is 0 Å². The van der Waals surface area contributed by atoms with Crippen molar-refractivity contribution in [3.05, 3.63) is 293 Å². The number of para-hydroxylation sites is 5. The molecule has 336 valence electrons. The van der Waals surface area contributed by atoms with Gasteiger partial charge >= 0.3 is 0 Å². The van der Waals surface area contributed by atoms with E-state index in [0.717, 1.165) is 95.4 Å². The van der Waals surface area contributed by atoms with Crippen molar-refractivity contribution in [1.82, 2.24) is 0 Å². The number of rotatable bonds is 4. The van der Waals surface area contributed by atoms with Crippen LogP contribution in [0.1, 0.15) is 44.5 Å². The van der Waals surface area contributed by atoms with Crippen LogP contribution in [0.3, 0.4) is 0 Å². The molecule has 4 aliphatic rings. The lowest BCUT2D eigenvalue weighted by Gasteiger charge is -2.39. The van der Waals surface area contributed by atoms with E-state index in [-0.39, 0.29) is 0 Å². The maximum Gasteiger partial charge on any atom is 0.135 e. The summed E-state index contributed by atoms with van der Waals surface area (Å²) < 4.78 is 19.6. The molecule has 11 aromatic carbocycles. The lowest BCUT2D eigenvalue weighted by Crippen LogP contribution is -2.32. The second-order valence-electron chi connectivity index (χ2n) is 19.4. The fraction of sp³-hybridized carbons (Fsp3) is 0.0294. The van der Waals surface area contributed by atoms with Crippen LogP contribution in [-0.2, 0) is 10.8 Å². The van der Waals surface area contributed by atoms with E-state index in [1.165, 1.54) is 44.5 Å². The molecule has 2 aliphatic carbocycles. The van der Waals surface area contributed by atoms with Gasteiger partial charge in [0.2, 0.25) is 0 Å². The van der Waals surface area contributed by atoms with Gasteiger partial charge in [0.05, 0.1) is 10.8 Å². The lowest BCUT2D eigenvalue weighted by molar-refractivity contribution is 0.436. The van der Waals surface area contributed by atoms with Crippen molar-refractivity contribution < 1.29 is 13.9 Å². The highest BCUT2D eigenvalue weighted by Gasteiger charge is 2.53. The minimum Gasteiger partial charge on any atom is -0.457 e. The highest BCUT2D eigenvalue weighted by Crippen LogP contribution is 2.64. The summed E-state index contributed by atoms with van der Waals surface area (Å²) in [4.78, 5) is 2.44. The van der Waals surface area contributed by atoms with E-state index in [4.69, 9.17) is 13.9 Å². The van der Waals surface area contributed by atoms with E-state index in [0.29, 0.717) is 0 Å². The zero-order valence-corrected chi connectivity index (χ0v) is 38.8. The van der Waals surface area contributed by atoms with Gasteiger partial charge in [-0.25, -0.2) is 0 Å². The molecule has 1 aromatic heterocycles. The summed E-state index contributed by atoms with van der Waals surface area (Å²) in [6.45, 7) is 0. The van der Waals surface area contributed by atoms with Gasteiger partial charge in [0.25, 0.3) is 0 Å². The standard InChI is InChI=1S/C68H41NO3/c1-4-18-53-47(15-1)50-40-45(34-36-55(50)67(53)57-20-6-11-25-63(57)71-64-26-12-7-21-58(64)67)69(44-32-29-42(30-33-44)43-31-38-62-52(39-43)49-17-3-10-24-61(49)70-62)46-35-37-56-51(41-46)48-16-2-5-19-54(48)68(56)59-22-8-13-27-65(59)72-66-28-14-9-23-60(66)68/h1-41H. The number of furan rings is 1. The SMILES string of the molecule is c1ccc2c(c1)Oc1ccccc1C21c2ccccc2-c2cc(N(c3ccc(-c4ccc5oc6ccccc6c5c4)cc3)c3ccc4c(c3)-c3ccccc3C43c4ccccc4Oc4ccccc43)ccc21. The number of hydrogen-bond acceptors (Lipinski definition) is 4. The minimum absolute atomic E-state index is 0.564.